The third-order valence-electron chi connectivity index (χ3n) is 0.791. The topological polar surface area (TPSA) is 0 Å². The maximum atomic E-state index is 2.42. The van der Waals surface area contributed by atoms with Crippen LogP contribution in [0.2, 0.25) is 13.1 Å². The lowest BCUT2D eigenvalue weighted by Gasteiger charge is -2.12. The van der Waals surface area contributed by atoms with Gasteiger partial charge in [0.05, 0.1) is 8.80 Å². The van der Waals surface area contributed by atoms with Crippen molar-refractivity contribution in [1.29, 1.82) is 0 Å². The first-order chi connectivity index (χ1) is 3.42. The Morgan fingerprint density at radius 3 is 1.50 bits per heavy atom. The molecule has 0 aliphatic rings. The lowest BCUT2D eigenvalue weighted by molar-refractivity contribution is 1.76. The molecule has 0 nitrogen and oxygen atoms in total. The second-order valence-corrected chi connectivity index (χ2v) is 11.9. The zero-order valence-corrected chi connectivity index (χ0v) is 8.55. The highest BCUT2D eigenvalue weighted by atomic mass is 31.2. The van der Waals surface area contributed by atoms with Gasteiger partial charge in [-0.05, 0) is 0 Å². The smallest absolute Gasteiger partial charge is 0.0679 e. The summed E-state index contributed by atoms with van der Waals surface area (Å²) in [6.07, 6.45) is 0. The average molecular weight is 148 g/mol. The predicted octanol–water partition coefficient (Wildman–Crippen LogP) is 2.19. The molecule has 0 aliphatic heterocycles. The number of hydrogen-bond donors (Lipinski definition) is 0. The summed E-state index contributed by atoms with van der Waals surface area (Å²) >= 11 is 0. The molecule has 0 atom stereocenters. The third-order valence-corrected chi connectivity index (χ3v) is 7.12. The van der Waals surface area contributed by atoms with Gasteiger partial charge in [0.15, 0.2) is 0 Å². The number of rotatable bonds is 2. The van der Waals surface area contributed by atoms with Gasteiger partial charge in [0.25, 0.3) is 0 Å². The molecule has 0 aromatic heterocycles. The van der Waals surface area contributed by atoms with Crippen LogP contribution in [-0.4, -0.2) is 34.6 Å². The van der Waals surface area contributed by atoms with Crippen molar-refractivity contribution < 1.29 is 0 Å². The van der Waals surface area contributed by atoms with Gasteiger partial charge in [0, 0.05) is 33.0 Å². The Morgan fingerprint density at radius 1 is 1.12 bits per heavy atom. The van der Waals surface area contributed by atoms with Gasteiger partial charge in [-0.2, -0.15) is 0 Å². The van der Waals surface area contributed by atoms with Crippen molar-refractivity contribution in [1.82, 2.24) is 0 Å². The molecule has 0 aromatic carbocycles. The van der Waals surface area contributed by atoms with Crippen LogP contribution in [0.5, 0.6) is 0 Å². The van der Waals surface area contributed by atoms with Gasteiger partial charge in [-0.3, -0.25) is 0 Å². The van der Waals surface area contributed by atoms with Crippen molar-refractivity contribution in [3.8, 4) is 0 Å². The molecule has 0 aliphatic carbocycles. The van der Waals surface area contributed by atoms with Crippen LogP contribution in [0.15, 0.2) is 0 Å². The summed E-state index contributed by atoms with van der Waals surface area (Å²) in [6.45, 7) is 12.1. The molecule has 8 heavy (non-hydrogen) atoms. The summed E-state index contributed by atoms with van der Waals surface area (Å²) < 4.78 is 0. The summed E-state index contributed by atoms with van der Waals surface area (Å²) in [4.78, 5) is 0. The Labute approximate surface area is 55.6 Å². The lowest BCUT2D eigenvalue weighted by atomic mass is 11.8. The molecule has 0 rings (SSSR count). The highest BCUT2D eigenvalue weighted by molar-refractivity contribution is 7.75. The van der Waals surface area contributed by atoms with Crippen LogP contribution in [0.1, 0.15) is 0 Å². The first-order valence-electron chi connectivity index (χ1n) is 3.01. The summed E-state index contributed by atoms with van der Waals surface area (Å²) in [6, 6.07) is 0. The molecule has 0 bridgehead atoms. The highest BCUT2D eigenvalue weighted by Crippen LogP contribution is 2.46. The van der Waals surface area contributed by atoms with Crippen LogP contribution < -0.4 is 0 Å². The maximum Gasteiger partial charge on any atom is 0.0896 e. The second-order valence-electron chi connectivity index (χ2n) is 3.66. The van der Waals surface area contributed by atoms with Crippen LogP contribution in [0.3, 0.4) is 0 Å². The molecule has 0 unspecified atom stereocenters. The molecule has 2 heteroatoms. The molecule has 0 saturated heterocycles. The van der Waals surface area contributed by atoms with E-state index in [4.69, 9.17) is 0 Å². The summed E-state index contributed by atoms with van der Waals surface area (Å²) in [7, 11) is -0.369. The van der Waals surface area contributed by atoms with E-state index >= 15 is 0 Å². The van der Waals surface area contributed by atoms with Gasteiger partial charge < -0.3 is 0 Å². The quantitative estimate of drug-likeness (QED) is 0.416. The Bertz CT molecular complexity index is 63.4. The molecule has 0 aromatic rings. The van der Waals surface area contributed by atoms with Crippen molar-refractivity contribution in [3.05, 3.63) is 0 Å². The van der Waals surface area contributed by atoms with E-state index in [-0.39, 0.29) is 8.80 Å². The molecule has 0 fully saturated rings. The molecule has 0 saturated carbocycles. The first kappa shape index (κ1) is 8.65. The average Bonchev–Trinajstić information content (AvgIpc) is 1.21. The summed E-state index contributed by atoms with van der Waals surface area (Å²) in [5.74, 6) is 1.54. The van der Waals surface area contributed by atoms with E-state index in [2.05, 4.69) is 33.1 Å². The minimum Gasteiger partial charge on any atom is -0.0679 e. The maximum absolute atomic E-state index is 2.42. The van der Waals surface area contributed by atoms with E-state index in [1.807, 2.05) is 0 Å². The predicted molar refractivity (Wildman–Crippen MR) is 47.0 cm³/mol. The summed E-state index contributed by atoms with van der Waals surface area (Å²) in [5, 5.41) is 0. The van der Waals surface area contributed by atoms with Gasteiger partial charge in [-0.25, -0.2) is 0 Å². The van der Waals surface area contributed by atoms with Gasteiger partial charge >= 0.3 is 0 Å². The van der Waals surface area contributed by atoms with Crippen molar-refractivity contribution in [3.63, 3.8) is 0 Å². The van der Waals surface area contributed by atoms with E-state index in [0.29, 0.717) is 0 Å². The highest BCUT2D eigenvalue weighted by Gasteiger charge is 2.18. The minimum absolute atomic E-state index is 0.0574. The standard InChI is InChI=1S/C6H17PSi/c1-7(2,3)6-8(4)5/h6H2,1-5H3/q+1. The SMILES string of the molecule is C[Si](C)C[P+](C)(C)C. The molecule has 49 valence electrons. The Balaban J connectivity index is 3.39. The van der Waals surface area contributed by atoms with Crippen LogP contribution in [0.25, 0.3) is 0 Å². The van der Waals surface area contributed by atoms with E-state index in [1.54, 1.807) is 0 Å². The zero-order valence-electron chi connectivity index (χ0n) is 6.65. The van der Waals surface area contributed by atoms with Crippen LogP contribution >= 0.6 is 7.26 Å². The lowest BCUT2D eigenvalue weighted by Crippen LogP contribution is -2.10. The van der Waals surface area contributed by atoms with Crippen molar-refractivity contribution in [2.75, 3.05) is 25.8 Å². The van der Waals surface area contributed by atoms with E-state index in [0.717, 1.165) is 0 Å². The molecule has 0 spiro atoms. The fourth-order valence-electron chi connectivity index (χ4n) is 0.949. The minimum atomic E-state index is -0.427. The van der Waals surface area contributed by atoms with E-state index in [1.165, 1.54) is 5.79 Å². The number of hydrogen-bond acceptors (Lipinski definition) is 0. The molecular formula is C6H17PSi+. The van der Waals surface area contributed by atoms with Crippen molar-refractivity contribution >= 4 is 16.1 Å². The Kier molecular flexibility index (Phi) is 3.22. The van der Waals surface area contributed by atoms with Crippen molar-refractivity contribution in [2.45, 2.75) is 13.1 Å². The van der Waals surface area contributed by atoms with Gasteiger partial charge in [0.2, 0.25) is 0 Å². The first-order valence-corrected chi connectivity index (χ1v) is 9.03. The Morgan fingerprint density at radius 2 is 1.50 bits per heavy atom. The van der Waals surface area contributed by atoms with Gasteiger partial charge in [0.1, 0.15) is 0 Å². The van der Waals surface area contributed by atoms with Crippen LogP contribution in [0.4, 0.5) is 0 Å². The normalized spacial score (nSPS) is 12.8. The third kappa shape index (κ3) is 6.65. The molecule has 0 N–H and O–H groups in total. The Hall–Kier alpha value is 0.647. The van der Waals surface area contributed by atoms with E-state index in [9.17, 15) is 0 Å². The zero-order chi connectivity index (χ0) is 6.78. The van der Waals surface area contributed by atoms with Crippen molar-refractivity contribution in [2.24, 2.45) is 0 Å². The molecule has 0 heterocycles. The van der Waals surface area contributed by atoms with E-state index < -0.39 is 7.26 Å². The molecule has 0 amide bonds. The van der Waals surface area contributed by atoms with Gasteiger partial charge in [-0.15, -0.1) is 0 Å². The monoisotopic (exact) mass is 148 g/mol. The largest absolute Gasteiger partial charge is 0.0896 e. The molecule has 1 radical (unpaired) electrons. The van der Waals surface area contributed by atoms with Crippen LogP contribution in [0, 0.1) is 0 Å². The fraction of sp³-hybridized carbons (Fsp3) is 1.00. The van der Waals surface area contributed by atoms with Gasteiger partial charge in [-0.1, -0.05) is 13.1 Å². The second kappa shape index (κ2) is 2.98. The fourth-order valence-corrected chi connectivity index (χ4v) is 8.54. The summed E-state index contributed by atoms with van der Waals surface area (Å²) in [5.41, 5.74) is 0. The van der Waals surface area contributed by atoms with Crippen LogP contribution in [-0.2, 0) is 0 Å². The molecular weight excluding hydrogens is 131 g/mol.